The van der Waals surface area contributed by atoms with E-state index in [2.05, 4.69) is 24.1 Å². The van der Waals surface area contributed by atoms with E-state index in [1.54, 1.807) is 0 Å². The van der Waals surface area contributed by atoms with Gasteiger partial charge in [-0.15, -0.1) is 0 Å². The molecule has 0 bridgehead atoms. The van der Waals surface area contributed by atoms with E-state index >= 15 is 0 Å². The molecule has 1 heterocycles. The Labute approximate surface area is 105 Å². The molecule has 0 spiro atoms. The molecule has 3 N–H and O–H groups in total. The second-order valence-corrected chi connectivity index (χ2v) is 5.43. The lowest BCUT2D eigenvalue weighted by Crippen LogP contribution is -2.44. The highest BCUT2D eigenvalue weighted by Crippen LogP contribution is 2.07. The largest absolute Gasteiger partial charge is 0.353 e. The van der Waals surface area contributed by atoms with Gasteiger partial charge in [0.2, 0.25) is 5.91 Å². The summed E-state index contributed by atoms with van der Waals surface area (Å²) in [7, 11) is 0. The van der Waals surface area contributed by atoms with Gasteiger partial charge in [-0.05, 0) is 38.3 Å². The van der Waals surface area contributed by atoms with E-state index in [1.165, 1.54) is 32.4 Å². The third-order valence-corrected chi connectivity index (χ3v) is 3.24. The number of hydrogen-bond acceptors (Lipinski definition) is 3. The molecule has 1 atom stereocenters. The molecule has 1 fully saturated rings. The minimum absolute atomic E-state index is 0.00397. The van der Waals surface area contributed by atoms with Crippen molar-refractivity contribution in [3.8, 4) is 0 Å². The molecule has 1 amide bonds. The van der Waals surface area contributed by atoms with Crippen LogP contribution in [0.1, 0.15) is 39.5 Å². The summed E-state index contributed by atoms with van der Waals surface area (Å²) in [6.07, 6.45) is 4.69. The van der Waals surface area contributed by atoms with Crippen LogP contribution in [0.3, 0.4) is 0 Å². The topological polar surface area (TPSA) is 58.4 Å². The van der Waals surface area contributed by atoms with Crippen molar-refractivity contribution in [2.24, 2.45) is 11.7 Å². The predicted octanol–water partition coefficient (Wildman–Crippen LogP) is 0.962. The van der Waals surface area contributed by atoms with E-state index in [1.807, 2.05) is 0 Å². The number of piperidine rings is 1. The van der Waals surface area contributed by atoms with Crippen LogP contribution in [0.4, 0.5) is 0 Å². The molecule has 100 valence electrons. The zero-order valence-electron chi connectivity index (χ0n) is 11.2. The fraction of sp³-hybridized carbons (Fsp3) is 0.923. The monoisotopic (exact) mass is 241 g/mol. The second-order valence-electron chi connectivity index (χ2n) is 5.43. The van der Waals surface area contributed by atoms with Crippen molar-refractivity contribution >= 4 is 5.91 Å². The molecule has 1 aliphatic heterocycles. The Kier molecular flexibility index (Phi) is 6.52. The Bertz CT molecular complexity index is 225. The number of carbonyl (C=O) groups excluding carboxylic acids is 1. The molecule has 0 aromatic rings. The van der Waals surface area contributed by atoms with Gasteiger partial charge in [0, 0.05) is 13.1 Å². The van der Waals surface area contributed by atoms with Crippen LogP contribution in [0.15, 0.2) is 0 Å². The van der Waals surface area contributed by atoms with Crippen molar-refractivity contribution in [1.82, 2.24) is 10.2 Å². The van der Waals surface area contributed by atoms with Gasteiger partial charge in [-0.3, -0.25) is 4.79 Å². The van der Waals surface area contributed by atoms with E-state index < -0.39 is 0 Å². The Balaban J connectivity index is 2.10. The van der Waals surface area contributed by atoms with E-state index in [-0.39, 0.29) is 11.9 Å². The molecule has 4 heteroatoms. The summed E-state index contributed by atoms with van der Waals surface area (Å²) in [5.41, 5.74) is 5.81. The molecule has 1 saturated heterocycles. The van der Waals surface area contributed by atoms with Crippen molar-refractivity contribution in [2.45, 2.75) is 45.6 Å². The minimum Gasteiger partial charge on any atom is -0.353 e. The SMILES string of the molecule is CC(C)C[C@H](N)C(=O)NCCN1CCCCC1. The van der Waals surface area contributed by atoms with E-state index in [4.69, 9.17) is 5.73 Å². The van der Waals surface area contributed by atoms with E-state index in [0.29, 0.717) is 5.92 Å². The summed E-state index contributed by atoms with van der Waals surface area (Å²) < 4.78 is 0. The lowest BCUT2D eigenvalue weighted by Gasteiger charge is -2.26. The van der Waals surface area contributed by atoms with Gasteiger partial charge in [-0.1, -0.05) is 20.3 Å². The van der Waals surface area contributed by atoms with Gasteiger partial charge in [-0.25, -0.2) is 0 Å². The van der Waals surface area contributed by atoms with Crippen LogP contribution in [0.5, 0.6) is 0 Å². The highest BCUT2D eigenvalue weighted by Gasteiger charge is 2.15. The Morgan fingerprint density at radius 2 is 1.94 bits per heavy atom. The van der Waals surface area contributed by atoms with Gasteiger partial charge in [-0.2, -0.15) is 0 Å². The molecule has 0 saturated carbocycles. The zero-order chi connectivity index (χ0) is 12.7. The maximum atomic E-state index is 11.7. The number of nitrogens with one attached hydrogen (secondary N) is 1. The number of likely N-dealkylation sites (tertiary alicyclic amines) is 1. The highest BCUT2D eigenvalue weighted by atomic mass is 16.2. The first-order valence-corrected chi connectivity index (χ1v) is 6.85. The summed E-state index contributed by atoms with van der Waals surface area (Å²) in [5.74, 6) is 0.466. The minimum atomic E-state index is -0.351. The molecular formula is C13H27N3O. The zero-order valence-corrected chi connectivity index (χ0v) is 11.2. The van der Waals surface area contributed by atoms with Crippen molar-refractivity contribution in [3.63, 3.8) is 0 Å². The average molecular weight is 241 g/mol. The third kappa shape index (κ3) is 6.03. The Morgan fingerprint density at radius 3 is 2.53 bits per heavy atom. The average Bonchev–Trinajstić information content (AvgIpc) is 2.29. The lowest BCUT2D eigenvalue weighted by molar-refractivity contribution is -0.122. The fourth-order valence-corrected chi connectivity index (χ4v) is 2.27. The Hall–Kier alpha value is -0.610. The molecular weight excluding hydrogens is 214 g/mol. The van der Waals surface area contributed by atoms with Crippen molar-refractivity contribution in [2.75, 3.05) is 26.2 Å². The van der Waals surface area contributed by atoms with Gasteiger partial charge in [0.05, 0.1) is 6.04 Å². The summed E-state index contributed by atoms with van der Waals surface area (Å²) >= 11 is 0. The van der Waals surface area contributed by atoms with Crippen molar-refractivity contribution < 1.29 is 4.79 Å². The van der Waals surface area contributed by atoms with E-state index in [0.717, 1.165) is 19.5 Å². The summed E-state index contributed by atoms with van der Waals surface area (Å²) in [6.45, 7) is 8.20. The number of amides is 1. The molecule has 0 aliphatic carbocycles. The Morgan fingerprint density at radius 1 is 1.29 bits per heavy atom. The number of hydrogen-bond donors (Lipinski definition) is 2. The van der Waals surface area contributed by atoms with Crippen molar-refractivity contribution in [3.05, 3.63) is 0 Å². The first-order chi connectivity index (χ1) is 8.09. The third-order valence-electron chi connectivity index (χ3n) is 3.24. The molecule has 1 rings (SSSR count). The summed E-state index contributed by atoms with van der Waals surface area (Å²) in [4.78, 5) is 14.1. The van der Waals surface area contributed by atoms with Crippen LogP contribution < -0.4 is 11.1 Å². The normalized spacial score (nSPS) is 19.3. The number of nitrogens with zero attached hydrogens (tertiary/aromatic N) is 1. The summed E-state index contributed by atoms with van der Waals surface area (Å²) in [5, 5.41) is 2.93. The maximum absolute atomic E-state index is 11.7. The van der Waals surface area contributed by atoms with E-state index in [9.17, 15) is 4.79 Å². The summed E-state index contributed by atoms with van der Waals surface area (Å²) in [6, 6.07) is -0.351. The molecule has 0 aromatic heterocycles. The molecule has 0 radical (unpaired) electrons. The van der Waals surface area contributed by atoms with Gasteiger partial charge in [0.25, 0.3) is 0 Å². The molecule has 1 aliphatic rings. The quantitative estimate of drug-likeness (QED) is 0.728. The molecule has 0 unspecified atom stereocenters. The standard InChI is InChI=1S/C13H27N3O/c1-11(2)10-12(14)13(17)15-6-9-16-7-4-3-5-8-16/h11-12H,3-10,14H2,1-2H3,(H,15,17)/t12-/m0/s1. The van der Waals surface area contributed by atoms with Gasteiger partial charge in [0.1, 0.15) is 0 Å². The number of rotatable bonds is 6. The first kappa shape index (κ1) is 14.5. The van der Waals surface area contributed by atoms with Crippen LogP contribution in [0.2, 0.25) is 0 Å². The molecule has 0 aromatic carbocycles. The second kappa shape index (κ2) is 7.67. The first-order valence-electron chi connectivity index (χ1n) is 6.85. The molecule has 17 heavy (non-hydrogen) atoms. The van der Waals surface area contributed by atoms with Crippen LogP contribution in [-0.4, -0.2) is 43.0 Å². The highest BCUT2D eigenvalue weighted by molar-refractivity contribution is 5.81. The lowest BCUT2D eigenvalue weighted by atomic mass is 10.0. The van der Waals surface area contributed by atoms with Crippen LogP contribution >= 0.6 is 0 Å². The number of nitrogens with two attached hydrogens (primary N) is 1. The van der Waals surface area contributed by atoms with Crippen LogP contribution in [0, 0.1) is 5.92 Å². The van der Waals surface area contributed by atoms with Gasteiger partial charge < -0.3 is 16.0 Å². The van der Waals surface area contributed by atoms with Crippen LogP contribution in [0.25, 0.3) is 0 Å². The van der Waals surface area contributed by atoms with Crippen LogP contribution in [-0.2, 0) is 4.79 Å². The smallest absolute Gasteiger partial charge is 0.236 e. The van der Waals surface area contributed by atoms with Crippen molar-refractivity contribution in [1.29, 1.82) is 0 Å². The molecule has 4 nitrogen and oxygen atoms in total. The van der Waals surface area contributed by atoms with Gasteiger partial charge >= 0.3 is 0 Å². The number of carbonyl (C=O) groups is 1. The maximum Gasteiger partial charge on any atom is 0.236 e. The predicted molar refractivity (Wildman–Crippen MR) is 70.7 cm³/mol. The fourth-order valence-electron chi connectivity index (χ4n) is 2.27. The van der Waals surface area contributed by atoms with Gasteiger partial charge in [0.15, 0.2) is 0 Å².